The number of hydrogen-bond acceptors (Lipinski definition) is 5. The molecule has 0 spiro atoms. The highest BCUT2D eigenvalue weighted by molar-refractivity contribution is 6.28. The number of halogens is 4. The van der Waals surface area contributed by atoms with Gasteiger partial charge in [0.25, 0.3) is 0 Å². The van der Waals surface area contributed by atoms with E-state index in [9.17, 15) is 13.2 Å². The van der Waals surface area contributed by atoms with Crippen LogP contribution in [0.2, 0.25) is 5.28 Å². The second kappa shape index (κ2) is 6.13. The average molecular weight is 319 g/mol. The Morgan fingerprint density at radius 3 is 2.57 bits per heavy atom. The molecule has 0 aliphatic heterocycles. The average Bonchev–Trinajstić information content (AvgIpc) is 2.37. The number of nitrogens with zero attached hydrogens (tertiary/aromatic N) is 3. The van der Waals surface area contributed by atoms with Gasteiger partial charge in [0.05, 0.1) is 5.56 Å². The molecule has 2 aromatic rings. The van der Waals surface area contributed by atoms with Gasteiger partial charge in [-0.3, -0.25) is 0 Å². The van der Waals surface area contributed by atoms with Crippen LogP contribution in [0.3, 0.4) is 0 Å². The van der Waals surface area contributed by atoms with Crippen molar-refractivity contribution in [2.24, 2.45) is 0 Å². The Kier molecular flexibility index (Phi) is 4.46. The fourth-order valence-electron chi connectivity index (χ4n) is 1.50. The van der Waals surface area contributed by atoms with Crippen LogP contribution < -0.4 is 10.1 Å². The van der Waals surface area contributed by atoms with E-state index in [1.807, 2.05) is 0 Å². The molecule has 1 aromatic heterocycles. The standard InChI is InChI=1S/C12H10ClF3N4O/c1-2-17-10-18-9(13)19-11(20-10)21-8-6-4-3-5-7(8)12(14,15)16/h3-6H,2H2,1H3,(H,17,18,19,20). The van der Waals surface area contributed by atoms with Crippen LogP contribution in [0.1, 0.15) is 12.5 Å². The molecule has 0 atom stereocenters. The number of anilines is 1. The molecule has 21 heavy (non-hydrogen) atoms. The molecule has 0 radical (unpaired) electrons. The number of aromatic nitrogens is 3. The van der Waals surface area contributed by atoms with Crippen LogP contribution in [0.25, 0.3) is 0 Å². The second-order valence-corrected chi connectivity index (χ2v) is 4.17. The number of ether oxygens (including phenoxy) is 1. The lowest BCUT2D eigenvalue weighted by Crippen LogP contribution is -2.08. The van der Waals surface area contributed by atoms with Gasteiger partial charge in [-0.15, -0.1) is 0 Å². The molecular formula is C12H10ClF3N4O. The van der Waals surface area contributed by atoms with Gasteiger partial charge in [0, 0.05) is 6.54 Å². The largest absolute Gasteiger partial charge is 0.424 e. The van der Waals surface area contributed by atoms with Crippen molar-refractivity contribution in [2.45, 2.75) is 13.1 Å². The maximum Gasteiger partial charge on any atom is 0.419 e. The Labute approximate surface area is 123 Å². The van der Waals surface area contributed by atoms with Gasteiger partial charge in [-0.25, -0.2) is 0 Å². The Hall–Kier alpha value is -2.09. The smallest absolute Gasteiger partial charge is 0.419 e. The van der Waals surface area contributed by atoms with Crippen LogP contribution >= 0.6 is 11.6 Å². The normalized spacial score (nSPS) is 11.3. The van der Waals surface area contributed by atoms with Crippen LogP contribution in [-0.4, -0.2) is 21.5 Å². The molecule has 1 N–H and O–H groups in total. The number of benzene rings is 1. The van der Waals surface area contributed by atoms with E-state index >= 15 is 0 Å². The number of hydrogen-bond donors (Lipinski definition) is 1. The van der Waals surface area contributed by atoms with Crippen molar-refractivity contribution < 1.29 is 17.9 Å². The molecule has 0 unspecified atom stereocenters. The van der Waals surface area contributed by atoms with Crippen LogP contribution in [0, 0.1) is 0 Å². The van der Waals surface area contributed by atoms with Gasteiger partial charge < -0.3 is 10.1 Å². The van der Waals surface area contributed by atoms with Crippen molar-refractivity contribution in [2.75, 3.05) is 11.9 Å². The zero-order valence-corrected chi connectivity index (χ0v) is 11.5. The fourth-order valence-corrected chi connectivity index (χ4v) is 1.66. The summed E-state index contributed by atoms with van der Waals surface area (Å²) in [5, 5.41) is 2.59. The van der Waals surface area contributed by atoms with E-state index in [1.165, 1.54) is 18.2 Å². The Morgan fingerprint density at radius 1 is 1.19 bits per heavy atom. The molecule has 0 aliphatic carbocycles. The zero-order chi connectivity index (χ0) is 15.5. The minimum absolute atomic E-state index is 0.122. The summed E-state index contributed by atoms with van der Waals surface area (Å²) in [7, 11) is 0. The van der Waals surface area contributed by atoms with Crippen LogP contribution in [-0.2, 0) is 6.18 Å². The molecule has 0 bridgehead atoms. The fraction of sp³-hybridized carbons (Fsp3) is 0.250. The van der Waals surface area contributed by atoms with E-state index in [2.05, 4.69) is 20.3 Å². The maximum atomic E-state index is 12.9. The third-order valence-electron chi connectivity index (χ3n) is 2.32. The van der Waals surface area contributed by atoms with Gasteiger partial charge in [-0.1, -0.05) is 12.1 Å². The first-order valence-corrected chi connectivity index (χ1v) is 6.27. The summed E-state index contributed by atoms with van der Waals surface area (Å²) in [5.41, 5.74) is -0.925. The van der Waals surface area contributed by atoms with Gasteiger partial charge in [-0.2, -0.15) is 28.1 Å². The number of alkyl halides is 3. The quantitative estimate of drug-likeness (QED) is 0.930. The summed E-state index contributed by atoms with van der Waals surface area (Å²) in [5.74, 6) is -0.285. The van der Waals surface area contributed by atoms with Gasteiger partial charge in [-0.05, 0) is 30.7 Å². The minimum atomic E-state index is -4.54. The highest BCUT2D eigenvalue weighted by atomic mass is 35.5. The molecule has 5 nitrogen and oxygen atoms in total. The highest BCUT2D eigenvalue weighted by Gasteiger charge is 2.34. The topological polar surface area (TPSA) is 59.9 Å². The van der Waals surface area contributed by atoms with Gasteiger partial charge in [0.2, 0.25) is 11.2 Å². The molecule has 0 amide bonds. The highest BCUT2D eigenvalue weighted by Crippen LogP contribution is 2.37. The van der Waals surface area contributed by atoms with Crippen molar-refractivity contribution in [3.05, 3.63) is 35.1 Å². The lowest BCUT2D eigenvalue weighted by Gasteiger charge is -2.12. The molecule has 0 saturated heterocycles. The van der Waals surface area contributed by atoms with Crippen molar-refractivity contribution in [3.8, 4) is 11.8 Å². The van der Waals surface area contributed by atoms with Gasteiger partial charge >= 0.3 is 12.2 Å². The molecule has 9 heteroatoms. The van der Waals surface area contributed by atoms with Gasteiger partial charge in [0.15, 0.2) is 0 Å². The first-order chi connectivity index (χ1) is 9.90. The van der Waals surface area contributed by atoms with Crippen LogP contribution in [0.5, 0.6) is 11.8 Å². The number of para-hydroxylation sites is 1. The summed E-state index contributed by atoms with van der Waals surface area (Å²) >= 11 is 5.68. The van der Waals surface area contributed by atoms with E-state index in [-0.39, 0.29) is 17.2 Å². The first kappa shape index (κ1) is 15.3. The molecule has 1 aromatic carbocycles. The van der Waals surface area contributed by atoms with E-state index in [1.54, 1.807) is 6.92 Å². The SMILES string of the molecule is CCNc1nc(Cl)nc(Oc2ccccc2C(F)(F)F)n1. The van der Waals surface area contributed by atoms with Crippen LogP contribution in [0.4, 0.5) is 19.1 Å². The number of rotatable bonds is 4. The van der Waals surface area contributed by atoms with E-state index in [4.69, 9.17) is 16.3 Å². The molecule has 2 rings (SSSR count). The zero-order valence-electron chi connectivity index (χ0n) is 10.8. The molecule has 0 aliphatic rings. The van der Waals surface area contributed by atoms with E-state index in [0.717, 1.165) is 6.07 Å². The van der Waals surface area contributed by atoms with Crippen molar-refractivity contribution in [1.82, 2.24) is 15.0 Å². The lowest BCUT2D eigenvalue weighted by molar-refractivity contribution is -0.138. The molecular weight excluding hydrogens is 309 g/mol. The summed E-state index contributed by atoms with van der Waals surface area (Å²) in [4.78, 5) is 11.2. The third-order valence-corrected chi connectivity index (χ3v) is 2.49. The predicted molar refractivity (Wildman–Crippen MR) is 70.5 cm³/mol. The molecule has 0 saturated carbocycles. The van der Waals surface area contributed by atoms with Crippen molar-refractivity contribution >= 4 is 17.5 Å². The summed E-state index contributed by atoms with van der Waals surface area (Å²) in [6, 6.07) is 4.44. The summed E-state index contributed by atoms with van der Waals surface area (Å²) in [6.07, 6.45) is -4.54. The summed E-state index contributed by atoms with van der Waals surface area (Å²) < 4.78 is 43.7. The van der Waals surface area contributed by atoms with E-state index < -0.39 is 17.5 Å². The van der Waals surface area contributed by atoms with Crippen LogP contribution in [0.15, 0.2) is 24.3 Å². The monoisotopic (exact) mass is 318 g/mol. The maximum absolute atomic E-state index is 12.9. The third kappa shape index (κ3) is 3.94. The Morgan fingerprint density at radius 2 is 1.90 bits per heavy atom. The van der Waals surface area contributed by atoms with Gasteiger partial charge in [0.1, 0.15) is 5.75 Å². The molecule has 0 fully saturated rings. The number of nitrogens with one attached hydrogen (secondary N) is 1. The van der Waals surface area contributed by atoms with Crippen molar-refractivity contribution in [3.63, 3.8) is 0 Å². The predicted octanol–water partition coefficient (Wildman–Crippen LogP) is 3.77. The lowest BCUT2D eigenvalue weighted by atomic mass is 10.2. The first-order valence-electron chi connectivity index (χ1n) is 5.89. The second-order valence-electron chi connectivity index (χ2n) is 3.84. The molecule has 1 heterocycles. The van der Waals surface area contributed by atoms with E-state index in [0.29, 0.717) is 6.54 Å². The van der Waals surface area contributed by atoms with Crippen molar-refractivity contribution in [1.29, 1.82) is 0 Å². The summed E-state index contributed by atoms with van der Waals surface area (Å²) in [6.45, 7) is 2.32. The Bertz CT molecular complexity index is 636. The molecule has 112 valence electrons. The minimum Gasteiger partial charge on any atom is -0.424 e. The Balaban J connectivity index is 2.35.